The lowest BCUT2D eigenvalue weighted by Crippen LogP contribution is -2.40. The lowest BCUT2D eigenvalue weighted by Gasteiger charge is -2.29. The average Bonchev–Trinajstić information content (AvgIpc) is 2.82. The SMILES string of the molecule is CNC(Cc1nn(C)c2ccccc12)C1CCCOC1. The molecule has 1 aromatic heterocycles. The van der Waals surface area contributed by atoms with Crippen molar-refractivity contribution in [3.8, 4) is 0 Å². The molecule has 4 nitrogen and oxygen atoms in total. The van der Waals surface area contributed by atoms with Crippen molar-refractivity contribution in [2.75, 3.05) is 20.3 Å². The zero-order valence-electron chi connectivity index (χ0n) is 12.3. The third-order valence-corrected chi connectivity index (χ3v) is 4.38. The topological polar surface area (TPSA) is 39.1 Å². The summed E-state index contributed by atoms with van der Waals surface area (Å²) in [5.74, 6) is 0.592. The highest BCUT2D eigenvalue weighted by atomic mass is 16.5. The minimum absolute atomic E-state index is 0.439. The van der Waals surface area contributed by atoms with E-state index in [0.717, 1.165) is 19.6 Å². The molecule has 108 valence electrons. The van der Waals surface area contributed by atoms with Gasteiger partial charge in [-0.2, -0.15) is 5.10 Å². The normalized spacial score (nSPS) is 21.2. The Morgan fingerprint density at radius 2 is 2.30 bits per heavy atom. The Kier molecular flexibility index (Phi) is 4.03. The van der Waals surface area contributed by atoms with Crippen LogP contribution in [0.3, 0.4) is 0 Å². The minimum atomic E-state index is 0.439. The molecule has 1 N–H and O–H groups in total. The first-order valence-electron chi connectivity index (χ1n) is 7.45. The maximum atomic E-state index is 5.63. The van der Waals surface area contributed by atoms with Crippen molar-refractivity contribution in [1.82, 2.24) is 15.1 Å². The van der Waals surface area contributed by atoms with Crippen LogP contribution in [-0.2, 0) is 18.2 Å². The molecule has 2 heterocycles. The average molecular weight is 273 g/mol. The lowest BCUT2D eigenvalue weighted by atomic mass is 9.90. The second-order valence-corrected chi connectivity index (χ2v) is 5.66. The van der Waals surface area contributed by atoms with E-state index in [1.54, 1.807) is 0 Å². The second kappa shape index (κ2) is 5.94. The molecular formula is C16H23N3O. The van der Waals surface area contributed by atoms with E-state index in [1.165, 1.54) is 29.4 Å². The van der Waals surface area contributed by atoms with E-state index in [4.69, 9.17) is 9.84 Å². The molecule has 2 unspecified atom stereocenters. The molecular weight excluding hydrogens is 250 g/mol. The maximum absolute atomic E-state index is 5.63. The van der Waals surface area contributed by atoms with E-state index in [2.05, 4.69) is 29.6 Å². The largest absolute Gasteiger partial charge is 0.381 e. The van der Waals surface area contributed by atoms with Gasteiger partial charge in [0.05, 0.1) is 17.8 Å². The monoisotopic (exact) mass is 273 g/mol. The summed E-state index contributed by atoms with van der Waals surface area (Å²) in [5.41, 5.74) is 2.39. The van der Waals surface area contributed by atoms with Gasteiger partial charge in [0.1, 0.15) is 0 Å². The Labute approximate surface area is 120 Å². The maximum Gasteiger partial charge on any atom is 0.0718 e. The minimum Gasteiger partial charge on any atom is -0.381 e. The van der Waals surface area contributed by atoms with Crippen LogP contribution >= 0.6 is 0 Å². The number of hydrogen-bond donors (Lipinski definition) is 1. The molecule has 20 heavy (non-hydrogen) atoms. The molecule has 3 rings (SSSR count). The number of hydrogen-bond acceptors (Lipinski definition) is 3. The first-order chi connectivity index (χ1) is 9.79. The van der Waals surface area contributed by atoms with E-state index in [-0.39, 0.29) is 0 Å². The Bertz CT molecular complexity index is 572. The van der Waals surface area contributed by atoms with Gasteiger partial charge in [0.15, 0.2) is 0 Å². The van der Waals surface area contributed by atoms with Crippen molar-refractivity contribution < 1.29 is 4.74 Å². The standard InChI is InChI=1S/C16H23N3O/c1-17-14(12-6-5-9-20-11-12)10-15-13-7-3-4-8-16(13)19(2)18-15/h3-4,7-8,12,14,17H,5-6,9-11H2,1-2H3. The highest BCUT2D eigenvalue weighted by molar-refractivity contribution is 5.81. The number of benzene rings is 1. The summed E-state index contributed by atoms with van der Waals surface area (Å²) in [4.78, 5) is 0. The van der Waals surface area contributed by atoms with Crippen molar-refractivity contribution >= 4 is 10.9 Å². The Morgan fingerprint density at radius 3 is 3.05 bits per heavy atom. The fourth-order valence-electron chi connectivity index (χ4n) is 3.24. The van der Waals surface area contributed by atoms with Crippen LogP contribution in [0.25, 0.3) is 10.9 Å². The molecule has 0 amide bonds. The Morgan fingerprint density at radius 1 is 1.45 bits per heavy atom. The molecule has 4 heteroatoms. The molecule has 0 spiro atoms. The molecule has 1 aliphatic rings. The molecule has 0 bridgehead atoms. The third-order valence-electron chi connectivity index (χ3n) is 4.38. The van der Waals surface area contributed by atoms with Crippen LogP contribution in [-0.4, -0.2) is 36.1 Å². The molecule has 1 fully saturated rings. The van der Waals surface area contributed by atoms with Crippen molar-refractivity contribution in [3.05, 3.63) is 30.0 Å². The van der Waals surface area contributed by atoms with Gasteiger partial charge in [-0.15, -0.1) is 0 Å². The summed E-state index contributed by atoms with van der Waals surface area (Å²) in [7, 11) is 4.06. The zero-order chi connectivity index (χ0) is 13.9. The number of para-hydroxylation sites is 1. The smallest absolute Gasteiger partial charge is 0.0718 e. The molecule has 0 aliphatic carbocycles. The van der Waals surface area contributed by atoms with Crippen molar-refractivity contribution in [1.29, 1.82) is 0 Å². The second-order valence-electron chi connectivity index (χ2n) is 5.66. The first kappa shape index (κ1) is 13.6. The number of likely N-dealkylation sites (N-methyl/N-ethyl adjacent to an activating group) is 1. The number of nitrogens with zero attached hydrogens (tertiary/aromatic N) is 2. The van der Waals surface area contributed by atoms with Gasteiger partial charge in [-0.25, -0.2) is 0 Å². The van der Waals surface area contributed by atoms with E-state index < -0.39 is 0 Å². The Balaban J connectivity index is 1.83. The zero-order valence-corrected chi connectivity index (χ0v) is 12.3. The fourth-order valence-corrected chi connectivity index (χ4v) is 3.24. The number of nitrogens with one attached hydrogen (secondary N) is 1. The summed E-state index contributed by atoms with van der Waals surface area (Å²) in [6, 6.07) is 8.89. The van der Waals surface area contributed by atoms with Gasteiger partial charge in [-0.1, -0.05) is 18.2 Å². The van der Waals surface area contributed by atoms with Gasteiger partial charge in [0, 0.05) is 31.5 Å². The van der Waals surface area contributed by atoms with E-state index in [1.807, 2.05) is 18.8 Å². The molecule has 1 aromatic carbocycles. The van der Waals surface area contributed by atoms with Crippen molar-refractivity contribution in [2.45, 2.75) is 25.3 Å². The third kappa shape index (κ3) is 2.58. The number of aromatic nitrogens is 2. The molecule has 2 aromatic rings. The van der Waals surface area contributed by atoms with Crippen LogP contribution in [0.4, 0.5) is 0 Å². The van der Waals surface area contributed by atoms with Gasteiger partial charge in [0.25, 0.3) is 0 Å². The van der Waals surface area contributed by atoms with Crippen LogP contribution in [0.5, 0.6) is 0 Å². The molecule has 1 saturated heterocycles. The van der Waals surface area contributed by atoms with Crippen LogP contribution in [0.1, 0.15) is 18.5 Å². The van der Waals surface area contributed by atoms with E-state index in [0.29, 0.717) is 12.0 Å². The van der Waals surface area contributed by atoms with Gasteiger partial charge in [0.2, 0.25) is 0 Å². The molecule has 1 aliphatic heterocycles. The number of ether oxygens (including phenoxy) is 1. The number of rotatable bonds is 4. The summed E-state index contributed by atoms with van der Waals surface area (Å²) < 4.78 is 7.61. The predicted molar refractivity (Wildman–Crippen MR) is 80.8 cm³/mol. The van der Waals surface area contributed by atoms with Gasteiger partial charge >= 0.3 is 0 Å². The molecule has 0 radical (unpaired) electrons. The van der Waals surface area contributed by atoms with Crippen LogP contribution in [0.2, 0.25) is 0 Å². The van der Waals surface area contributed by atoms with Crippen LogP contribution in [0.15, 0.2) is 24.3 Å². The summed E-state index contributed by atoms with van der Waals surface area (Å²) in [6.45, 7) is 1.79. The quantitative estimate of drug-likeness (QED) is 0.927. The lowest BCUT2D eigenvalue weighted by molar-refractivity contribution is 0.0404. The molecule has 0 saturated carbocycles. The summed E-state index contributed by atoms with van der Waals surface area (Å²) in [5, 5.41) is 9.44. The van der Waals surface area contributed by atoms with Gasteiger partial charge < -0.3 is 10.1 Å². The van der Waals surface area contributed by atoms with Crippen molar-refractivity contribution in [2.24, 2.45) is 13.0 Å². The predicted octanol–water partition coefficient (Wildman–Crippen LogP) is 2.13. The first-order valence-corrected chi connectivity index (χ1v) is 7.45. The van der Waals surface area contributed by atoms with Crippen LogP contribution in [0, 0.1) is 5.92 Å². The Hall–Kier alpha value is -1.39. The van der Waals surface area contributed by atoms with E-state index in [9.17, 15) is 0 Å². The summed E-state index contributed by atoms with van der Waals surface area (Å²) >= 11 is 0. The van der Waals surface area contributed by atoms with E-state index >= 15 is 0 Å². The van der Waals surface area contributed by atoms with Crippen molar-refractivity contribution in [3.63, 3.8) is 0 Å². The highest BCUT2D eigenvalue weighted by Crippen LogP contribution is 2.23. The highest BCUT2D eigenvalue weighted by Gasteiger charge is 2.24. The fraction of sp³-hybridized carbons (Fsp3) is 0.562. The molecule has 2 atom stereocenters. The summed E-state index contributed by atoms with van der Waals surface area (Å²) in [6.07, 6.45) is 3.38. The van der Waals surface area contributed by atoms with Gasteiger partial charge in [-0.3, -0.25) is 4.68 Å². The van der Waals surface area contributed by atoms with Crippen LogP contribution < -0.4 is 5.32 Å². The number of fused-ring (bicyclic) bond motifs is 1. The number of aryl methyl sites for hydroxylation is 1. The van der Waals surface area contributed by atoms with Gasteiger partial charge in [-0.05, 0) is 31.9 Å².